The number of hydrogen-bond acceptors (Lipinski definition) is 6. The average Bonchev–Trinajstić information content (AvgIpc) is 3.05. The third-order valence-electron chi connectivity index (χ3n) is 3.51. The largest absolute Gasteiger partial charge is 0.339 e. The van der Waals surface area contributed by atoms with Crippen LogP contribution in [0.25, 0.3) is 11.5 Å². The van der Waals surface area contributed by atoms with Gasteiger partial charge in [-0.15, -0.1) is 0 Å². The minimum atomic E-state index is 0.470. The van der Waals surface area contributed by atoms with Gasteiger partial charge in [0, 0.05) is 31.6 Å². The van der Waals surface area contributed by atoms with Crippen molar-refractivity contribution in [1.82, 2.24) is 29.9 Å². The molecular weight excluding hydrogens is 268 g/mol. The Labute approximate surface area is 122 Å². The van der Waals surface area contributed by atoms with Gasteiger partial charge >= 0.3 is 0 Å². The lowest BCUT2D eigenvalue weighted by Crippen LogP contribution is -1.97. The normalized spacial score (nSPS) is 11.0. The van der Waals surface area contributed by atoms with Gasteiger partial charge in [0.1, 0.15) is 5.69 Å². The van der Waals surface area contributed by atoms with Gasteiger partial charge in [-0.25, -0.2) is 4.98 Å². The van der Waals surface area contributed by atoms with Crippen LogP contribution in [0.4, 0.5) is 0 Å². The Morgan fingerprint density at radius 3 is 2.71 bits per heavy atom. The highest BCUT2D eigenvalue weighted by Crippen LogP contribution is 2.16. The highest BCUT2D eigenvalue weighted by atomic mass is 16.5. The zero-order valence-corrected chi connectivity index (χ0v) is 12.2. The van der Waals surface area contributed by atoms with Crippen LogP contribution in [0.5, 0.6) is 0 Å². The van der Waals surface area contributed by atoms with E-state index in [1.54, 1.807) is 18.6 Å². The smallest absolute Gasteiger partial charge is 0.227 e. The lowest BCUT2D eigenvalue weighted by atomic mass is 10.1. The van der Waals surface area contributed by atoms with Gasteiger partial charge in [0.2, 0.25) is 11.7 Å². The van der Waals surface area contributed by atoms with E-state index in [9.17, 15) is 0 Å². The summed E-state index contributed by atoms with van der Waals surface area (Å²) >= 11 is 0. The van der Waals surface area contributed by atoms with E-state index < -0.39 is 0 Å². The summed E-state index contributed by atoms with van der Waals surface area (Å²) in [4.78, 5) is 12.5. The molecule has 0 fully saturated rings. The highest BCUT2D eigenvalue weighted by molar-refractivity contribution is 5.45. The van der Waals surface area contributed by atoms with Crippen LogP contribution in [0.1, 0.15) is 22.8 Å². The second-order valence-corrected chi connectivity index (χ2v) is 4.88. The Morgan fingerprint density at radius 2 is 2.05 bits per heavy atom. The second kappa shape index (κ2) is 5.43. The van der Waals surface area contributed by atoms with Crippen LogP contribution in [0.15, 0.2) is 23.1 Å². The fourth-order valence-corrected chi connectivity index (χ4v) is 2.29. The van der Waals surface area contributed by atoms with Crippen molar-refractivity contribution in [3.63, 3.8) is 0 Å². The molecule has 0 N–H and O–H groups in total. The van der Waals surface area contributed by atoms with Crippen molar-refractivity contribution in [3.8, 4) is 11.5 Å². The van der Waals surface area contributed by atoms with Gasteiger partial charge in [0.05, 0.1) is 11.9 Å². The van der Waals surface area contributed by atoms with E-state index in [2.05, 4.69) is 32.1 Å². The van der Waals surface area contributed by atoms with Crippen molar-refractivity contribution in [2.75, 3.05) is 0 Å². The molecule has 3 aromatic rings. The topological polar surface area (TPSA) is 82.5 Å². The van der Waals surface area contributed by atoms with E-state index in [1.165, 1.54) is 11.3 Å². The molecule has 7 heteroatoms. The van der Waals surface area contributed by atoms with E-state index in [0.29, 0.717) is 23.8 Å². The summed E-state index contributed by atoms with van der Waals surface area (Å²) in [7, 11) is 1.95. The molecule has 0 aliphatic rings. The van der Waals surface area contributed by atoms with E-state index in [1.807, 2.05) is 18.7 Å². The second-order valence-electron chi connectivity index (χ2n) is 4.88. The third-order valence-corrected chi connectivity index (χ3v) is 3.51. The van der Waals surface area contributed by atoms with Gasteiger partial charge in [0.25, 0.3) is 0 Å². The van der Waals surface area contributed by atoms with E-state index in [-0.39, 0.29) is 0 Å². The van der Waals surface area contributed by atoms with Gasteiger partial charge in [-0.05, 0) is 25.8 Å². The Bertz CT molecular complexity index is 746. The molecule has 0 saturated carbocycles. The molecule has 0 radical (unpaired) electrons. The maximum atomic E-state index is 5.27. The zero-order valence-electron chi connectivity index (χ0n) is 12.2. The molecule has 0 saturated heterocycles. The van der Waals surface area contributed by atoms with Gasteiger partial charge in [-0.1, -0.05) is 5.16 Å². The summed E-state index contributed by atoms with van der Waals surface area (Å²) in [5.41, 5.74) is 4.06. The number of rotatable bonds is 4. The predicted molar refractivity (Wildman–Crippen MR) is 75.4 cm³/mol. The minimum absolute atomic E-state index is 0.470. The Morgan fingerprint density at radius 1 is 1.19 bits per heavy atom. The SMILES string of the molecule is Cc1nn(C)c(C)c1CCc1nc(-c2cnccn2)no1. The van der Waals surface area contributed by atoms with Crippen molar-refractivity contribution in [3.05, 3.63) is 41.4 Å². The molecule has 0 unspecified atom stereocenters. The summed E-state index contributed by atoms with van der Waals surface area (Å²) in [5, 5.41) is 8.35. The molecule has 0 atom stereocenters. The zero-order chi connectivity index (χ0) is 14.8. The van der Waals surface area contributed by atoms with Crippen LogP contribution in [-0.2, 0) is 19.9 Å². The molecule has 0 amide bonds. The van der Waals surface area contributed by atoms with Crippen molar-refractivity contribution in [2.24, 2.45) is 7.05 Å². The summed E-state index contributed by atoms with van der Waals surface area (Å²) < 4.78 is 7.16. The van der Waals surface area contributed by atoms with E-state index in [0.717, 1.165) is 12.1 Å². The van der Waals surface area contributed by atoms with Gasteiger partial charge < -0.3 is 4.52 Å². The van der Waals surface area contributed by atoms with Crippen LogP contribution in [0.3, 0.4) is 0 Å². The van der Waals surface area contributed by atoms with Crippen LogP contribution in [0.2, 0.25) is 0 Å². The number of aromatic nitrogens is 6. The Balaban J connectivity index is 1.73. The third kappa shape index (κ3) is 2.67. The summed E-state index contributed by atoms with van der Waals surface area (Å²) in [6, 6.07) is 0. The van der Waals surface area contributed by atoms with Gasteiger partial charge in [0.15, 0.2) is 0 Å². The van der Waals surface area contributed by atoms with Crippen LogP contribution >= 0.6 is 0 Å². The average molecular weight is 284 g/mol. The van der Waals surface area contributed by atoms with Crippen LogP contribution in [0, 0.1) is 13.8 Å². The molecule has 0 aliphatic carbocycles. The van der Waals surface area contributed by atoms with Crippen molar-refractivity contribution in [2.45, 2.75) is 26.7 Å². The predicted octanol–water partition coefficient (Wildman–Crippen LogP) is 1.66. The monoisotopic (exact) mass is 284 g/mol. The lowest BCUT2D eigenvalue weighted by molar-refractivity contribution is 0.378. The van der Waals surface area contributed by atoms with Crippen LogP contribution < -0.4 is 0 Å². The Hall–Kier alpha value is -2.57. The van der Waals surface area contributed by atoms with Crippen molar-refractivity contribution in [1.29, 1.82) is 0 Å². The highest BCUT2D eigenvalue weighted by Gasteiger charge is 2.13. The maximum Gasteiger partial charge on any atom is 0.227 e. The first-order valence-corrected chi connectivity index (χ1v) is 6.73. The van der Waals surface area contributed by atoms with Gasteiger partial charge in [-0.2, -0.15) is 10.1 Å². The quantitative estimate of drug-likeness (QED) is 0.724. The molecule has 0 spiro atoms. The van der Waals surface area contributed by atoms with E-state index >= 15 is 0 Å². The summed E-state index contributed by atoms with van der Waals surface area (Å²) in [6.45, 7) is 4.08. The first-order chi connectivity index (χ1) is 10.1. The molecule has 0 aliphatic heterocycles. The molecule has 3 aromatic heterocycles. The van der Waals surface area contributed by atoms with Crippen molar-refractivity contribution >= 4 is 0 Å². The minimum Gasteiger partial charge on any atom is -0.339 e. The Kier molecular flexibility index (Phi) is 3.47. The molecule has 3 heterocycles. The molecule has 0 aromatic carbocycles. The standard InChI is InChI=1S/C14H16N6O/c1-9-11(10(2)20(3)18-9)4-5-13-17-14(19-21-13)12-8-15-6-7-16-12/h6-8H,4-5H2,1-3H3. The number of nitrogens with zero attached hydrogens (tertiary/aromatic N) is 6. The lowest BCUT2D eigenvalue weighted by Gasteiger charge is -1.99. The summed E-state index contributed by atoms with van der Waals surface area (Å²) in [6.07, 6.45) is 6.34. The fraction of sp³-hybridized carbons (Fsp3) is 0.357. The molecular formula is C14H16N6O. The molecule has 0 bridgehead atoms. The maximum absolute atomic E-state index is 5.27. The molecule has 21 heavy (non-hydrogen) atoms. The van der Waals surface area contributed by atoms with Gasteiger partial charge in [-0.3, -0.25) is 9.67 Å². The van der Waals surface area contributed by atoms with Crippen molar-refractivity contribution < 1.29 is 4.52 Å². The fourth-order valence-electron chi connectivity index (χ4n) is 2.29. The number of aryl methyl sites for hydroxylation is 3. The molecule has 7 nitrogen and oxygen atoms in total. The van der Waals surface area contributed by atoms with E-state index in [4.69, 9.17) is 4.52 Å². The van der Waals surface area contributed by atoms with Crippen LogP contribution in [-0.4, -0.2) is 29.9 Å². The molecule has 3 rings (SSSR count). The summed E-state index contributed by atoms with van der Waals surface area (Å²) in [5.74, 6) is 1.07. The first kappa shape index (κ1) is 13.4. The first-order valence-electron chi connectivity index (χ1n) is 6.73. The molecule has 108 valence electrons. The number of hydrogen-bond donors (Lipinski definition) is 0.